The highest BCUT2D eigenvalue weighted by atomic mass is 32.2. The lowest BCUT2D eigenvalue weighted by Crippen LogP contribution is -2.14. The number of aromatic amines is 1. The molecular weight excluding hydrogens is 366 g/mol. The molecule has 5 rings (SSSR count). The summed E-state index contributed by atoms with van der Waals surface area (Å²) in [6.45, 7) is 1.73. The lowest BCUT2D eigenvalue weighted by atomic mass is 10.1. The number of nitro groups is 1. The number of H-pyrrole nitrogens is 1. The number of aryl methyl sites for hydroxylation is 2. The van der Waals surface area contributed by atoms with Gasteiger partial charge in [-0.1, -0.05) is 23.9 Å². The predicted molar refractivity (Wildman–Crippen MR) is 100 cm³/mol. The number of rotatable bonds is 3. The van der Waals surface area contributed by atoms with E-state index in [2.05, 4.69) is 20.4 Å². The number of aromatic nitrogens is 5. The normalized spacial score (nSPS) is 15.4. The van der Waals surface area contributed by atoms with Gasteiger partial charge in [0.2, 0.25) is 11.0 Å². The van der Waals surface area contributed by atoms with E-state index in [1.807, 2.05) is 6.07 Å². The number of nitro benzene ring substituents is 1. The van der Waals surface area contributed by atoms with E-state index in [1.54, 1.807) is 23.7 Å². The monoisotopic (exact) mass is 381 g/mol. The average molecular weight is 381 g/mol. The van der Waals surface area contributed by atoms with Crippen molar-refractivity contribution in [3.8, 4) is 11.5 Å². The van der Waals surface area contributed by atoms with Crippen molar-refractivity contribution in [3.63, 3.8) is 0 Å². The van der Waals surface area contributed by atoms with E-state index in [4.69, 9.17) is 5.10 Å². The highest BCUT2D eigenvalue weighted by molar-refractivity contribution is 7.99. The first-order valence-corrected chi connectivity index (χ1v) is 9.58. The van der Waals surface area contributed by atoms with Crippen LogP contribution in [0, 0.1) is 17.0 Å². The van der Waals surface area contributed by atoms with Gasteiger partial charge in [0, 0.05) is 34.2 Å². The minimum atomic E-state index is -0.363. The van der Waals surface area contributed by atoms with Gasteiger partial charge in [0.15, 0.2) is 0 Å². The molecular formula is C17H15N7O2S. The maximum Gasteiger partial charge on any atom is 0.272 e. The molecule has 136 valence electrons. The van der Waals surface area contributed by atoms with Crippen LogP contribution in [0.15, 0.2) is 28.5 Å². The van der Waals surface area contributed by atoms with Crippen molar-refractivity contribution in [2.24, 2.45) is 5.10 Å². The van der Waals surface area contributed by atoms with Crippen LogP contribution in [0.25, 0.3) is 11.5 Å². The molecule has 3 heterocycles. The Morgan fingerprint density at radius 2 is 2.19 bits per heavy atom. The number of hydrogen-bond donors (Lipinski definition) is 1. The Balaban J connectivity index is 1.60. The van der Waals surface area contributed by atoms with E-state index in [1.165, 1.54) is 17.3 Å². The van der Waals surface area contributed by atoms with Crippen molar-refractivity contribution in [1.82, 2.24) is 25.1 Å². The second kappa shape index (κ2) is 6.02. The molecule has 1 aliphatic carbocycles. The van der Waals surface area contributed by atoms with Crippen LogP contribution >= 0.6 is 11.8 Å². The number of thioether (sulfide) groups is 1. The third-order valence-corrected chi connectivity index (χ3v) is 5.86. The van der Waals surface area contributed by atoms with Gasteiger partial charge in [0.25, 0.3) is 5.69 Å². The summed E-state index contributed by atoms with van der Waals surface area (Å²) in [5.74, 6) is 1.19. The van der Waals surface area contributed by atoms with Gasteiger partial charge >= 0.3 is 0 Å². The van der Waals surface area contributed by atoms with Crippen LogP contribution < -0.4 is 0 Å². The van der Waals surface area contributed by atoms with Crippen molar-refractivity contribution in [2.45, 2.75) is 31.3 Å². The fourth-order valence-corrected chi connectivity index (χ4v) is 4.35. The molecule has 2 aliphatic rings. The Hall–Kier alpha value is -3.01. The lowest BCUT2D eigenvalue weighted by Gasteiger charge is -2.14. The number of hydrogen-bond acceptors (Lipinski definition) is 7. The molecule has 0 spiro atoms. The molecule has 0 bridgehead atoms. The molecule has 2 aromatic heterocycles. The van der Waals surface area contributed by atoms with E-state index in [9.17, 15) is 10.1 Å². The van der Waals surface area contributed by atoms with Gasteiger partial charge in [-0.25, -0.2) is 0 Å². The molecule has 0 saturated carbocycles. The molecule has 0 radical (unpaired) electrons. The molecule has 0 saturated heterocycles. The van der Waals surface area contributed by atoms with Gasteiger partial charge < -0.3 is 0 Å². The summed E-state index contributed by atoms with van der Waals surface area (Å²) in [7, 11) is 0. The molecule has 0 atom stereocenters. The molecule has 9 nitrogen and oxygen atoms in total. The summed E-state index contributed by atoms with van der Waals surface area (Å²) >= 11 is 1.51. The summed E-state index contributed by atoms with van der Waals surface area (Å²) in [5.41, 5.74) is 5.35. The Kier molecular flexibility index (Phi) is 3.61. The van der Waals surface area contributed by atoms with Crippen LogP contribution in [0.3, 0.4) is 0 Å². The summed E-state index contributed by atoms with van der Waals surface area (Å²) in [4.78, 5) is 10.9. The molecule has 1 N–H and O–H groups in total. The van der Waals surface area contributed by atoms with Gasteiger partial charge in [-0.3, -0.25) is 15.2 Å². The largest absolute Gasteiger partial charge is 0.282 e. The minimum Gasteiger partial charge on any atom is -0.282 e. The third kappa shape index (κ3) is 2.55. The Morgan fingerprint density at radius 3 is 3.04 bits per heavy atom. The molecule has 0 amide bonds. The SMILES string of the molecule is Cc1ccc(C2=Nn3c(nnc3-c3n[nH]c4c3CCC4)SC2)cc1[N+](=O)[O-]. The second-order valence-corrected chi connectivity index (χ2v) is 7.54. The van der Waals surface area contributed by atoms with E-state index >= 15 is 0 Å². The molecule has 0 fully saturated rings. The zero-order valence-electron chi connectivity index (χ0n) is 14.5. The van der Waals surface area contributed by atoms with Crippen LogP contribution in [-0.2, 0) is 12.8 Å². The van der Waals surface area contributed by atoms with Crippen LogP contribution in [-0.4, -0.2) is 41.5 Å². The van der Waals surface area contributed by atoms with Gasteiger partial charge in [0.1, 0.15) is 5.69 Å². The van der Waals surface area contributed by atoms with Crippen molar-refractivity contribution in [2.75, 3.05) is 5.75 Å². The first-order chi connectivity index (χ1) is 13.1. The predicted octanol–water partition coefficient (Wildman–Crippen LogP) is 2.73. The van der Waals surface area contributed by atoms with Crippen molar-refractivity contribution >= 4 is 23.2 Å². The zero-order valence-corrected chi connectivity index (χ0v) is 15.3. The van der Waals surface area contributed by atoms with Crippen LogP contribution in [0.4, 0.5) is 5.69 Å². The van der Waals surface area contributed by atoms with E-state index < -0.39 is 0 Å². The quantitative estimate of drug-likeness (QED) is 0.551. The molecule has 3 aromatic rings. The molecule has 0 unspecified atom stereocenters. The number of nitrogens with zero attached hydrogens (tertiary/aromatic N) is 6. The standard InChI is InChI=1S/C17H15N7O2S/c1-9-5-6-10(7-14(9)24(25)26)13-8-27-17-21-20-16(23(17)22-13)15-11-3-2-4-12(11)18-19-15/h5-7H,2-4,8H2,1H3,(H,18,19). The average Bonchev–Trinajstić information content (AvgIpc) is 3.36. The summed E-state index contributed by atoms with van der Waals surface area (Å²) in [6, 6.07) is 5.20. The first-order valence-electron chi connectivity index (χ1n) is 8.60. The summed E-state index contributed by atoms with van der Waals surface area (Å²) in [6.07, 6.45) is 3.07. The number of fused-ring (bicyclic) bond motifs is 2. The van der Waals surface area contributed by atoms with Gasteiger partial charge in [0.05, 0.1) is 10.6 Å². The maximum absolute atomic E-state index is 11.3. The van der Waals surface area contributed by atoms with Gasteiger partial charge in [-0.05, 0) is 26.2 Å². The minimum absolute atomic E-state index is 0.0973. The van der Waals surface area contributed by atoms with Crippen molar-refractivity contribution in [1.29, 1.82) is 0 Å². The first kappa shape index (κ1) is 16.2. The van der Waals surface area contributed by atoms with Crippen molar-refractivity contribution in [3.05, 3.63) is 50.7 Å². The third-order valence-electron chi connectivity index (χ3n) is 4.93. The van der Waals surface area contributed by atoms with Crippen LogP contribution in [0.2, 0.25) is 0 Å². The van der Waals surface area contributed by atoms with E-state index in [0.717, 1.165) is 41.9 Å². The lowest BCUT2D eigenvalue weighted by molar-refractivity contribution is -0.385. The smallest absolute Gasteiger partial charge is 0.272 e. The van der Waals surface area contributed by atoms with Gasteiger partial charge in [-0.2, -0.15) is 14.9 Å². The van der Waals surface area contributed by atoms with Crippen LogP contribution in [0.5, 0.6) is 0 Å². The Labute approximate surface area is 158 Å². The summed E-state index contributed by atoms with van der Waals surface area (Å²) < 4.78 is 1.70. The topological polar surface area (TPSA) is 115 Å². The highest BCUT2D eigenvalue weighted by Crippen LogP contribution is 2.33. The molecule has 10 heteroatoms. The highest BCUT2D eigenvalue weighted by Gasteiger charge is 2.27. The van der Waals surface area contributed by atoms with Crippen LogP contribution in [0.1, 0.15) is 28.8 Å². The fraction of sp³-hybridized carbons (Fsp3) is 0.294. The van der Waals surface area contributed by atoms with E-state index in [0.29, 0.717) is 22.3 Å². The Bertz CT molecular complexity index is 1110. The summed E-state index contributed by atoms with van der Waals surface area (Å²) in [5, 5.41) is 32.7. The second-order valence-electron chi connectivity index (χ2n) is 6.59. The van der Waals surface area contributed by atoms with Gasteiger partial charge in [-0.15, -0.1) is 10.2 Å². The zero-order chi connectivity index (χ0) is 18.5. The fourth-order valence-electron chi connectivity index (χ4n) is 3.51. The van der Waals surface area contributed by atoms with Crippen molar-refractivity contribution < 1.29 is 4.92 Å². The molecule has 1 aliphatic heterocycles. The molecule has 1 aromatic carbocycles. The number of benzene rings is 1. The Morgan fingerprint density at radius 1 is 1.30 bits per heavy atom. The molecule has 27 heavy (non-hydrogen) atoms. The van der Waals surface area contributed by atoms with E-state index in [-0.39, 0.29) is 10.6 Å². The maximum atomic E-state index is 11.3. The number of nitrogens with one attached hydrogen (secondary N) is 1.